The van der Waals surface area contributed by atoms with E-state index in [4.69, 9.17) is 5.73 Å². The molecule has 2 atom stereocenters. The molecule has 0 aromatic heterocycles. The molecule has 2 N–H and O–H groups in total. The number of rotatable bonds is 5. The van der Waals surface area contributed by atoms with Gasteiger partial charge in [0.15, 0.2) is 11.6 Å². The van der Waals surface area contributed by atoms with Crippen molar-refractivity contribution in [1.29, 1.82) is 0 Å². The zero-order valence-electron chi connectivity index (χ0n) is 12.1. The number of hydrogen-bond donors (Lipinski definition) is 1. The van der Waals surface area contributed by atoms with Gasteiger partial charge < -0.3 is 10.6 Å². The summed E-state index contributed by atoms with van der Waals surface area (Å²) < 4.78 is 26.9. The van der Waals surface area contributed by atoms with Crippen LogP contribution in [0.5, 0.6) is 0 Å². The summed E-state index contributed by atoms with van der Waals surface area (Å²) in [4.78, 5) is 2.45. The fourth-order valence-corrected chi connectivity index (χ4v) is 3.08. The Morgan fingerprint density at radius 3 is 2.90 bits per heavy atom. The predicted octanol–water partition coefficient (Wildman–Crippen LogP) is 3.62. The topological polar surface area (TPSA) is 29.3 Å². The van der Waals surface area contributed by atoms with Crippen molar-refractivity contribution in [2.45, 2.75) is 51.1 Å². The van der Waals surface area contributed by atoms with Gasteiger partial charge in [0.05, 0.1) is 0 Å². The lowest BCUT2D eigenvalue weighted by Crippen LogP contribution is -2.40. The molecule has 4 heteroatoms. The Labute approximate surface area is 120 Å². The van der Waals surface area contributed by atoms with Gasteiger partial charge in [-0.15, -0.1) is 0 Å². The molecule has 0 spiro atoms. The van der Waals surface area contributed by atoms with Crippen LogP contribution in [0.15, 0.2) is 18.2 Å². The molecule has 2 rings (SSSR count). The summed E-state index contributed by atoms with van der Waals surface area (Å²) in [6.07, 6.45) is 5.56. The molecule has 20 heavy (non-hydrogen) atoms. The van der Waals surface area contributed by atoms with Gasteiger partial charge in [0.25, 0.3) is 0 Å². The maximum atomic E-state index is 13.7. The van der Waals surface area contributed by atoms with Crippen LogP contribution in [-0.2, 0) is 0 Å². The van der Waals surface area contributed by atoms with Crippen molar-refractivity contribution >= 4 is 0 Å². The van der Waals surface area contributed by atoms with Crippen LogP contribution in [0.4, 0.5) is 8.78 Å². The molecule has 1 aliphatic rings. The average molecular weight is 282 g/mol. The van der Waals surface area contributed by atoms with Crippen LogP contribution in [-0.4, -0.2) is 24.0 Å². The number of nitrogens with zero attached hydrogens (tertiary/aromatic N) is 1. The van der Waals surface area contributed by atoms with Crippen molar-refractivity contribution in [3.63, 3.8) is 0 Å². The van der Waals surface area contributed by atoms with E-state index < -0.39 is 17.7 Å². The number of hydrogen-bond acceptors (Lipinski definition) is 2. The highest BCUT2D eigenvalue weighted by molar-refractivity contribution is 5.22. The molecule has 2 unspecified atom stereocenters. The Bertz CT molecular complexity index is 436. The average Bonchev–Trinajstić information content (AvgIpc) is 2.48. The number of likely N-dealkylation sites (tertiary alicyclic amines) is 1. The molecule has 2 nitrogen and oxygen atoms in total. The molecule has 0 radical (unpaired) electrons. The van der Waals surface area contributed by atoms with E-state index in [9.17, 15) is 8.78 Å². The highest BCUT2D eigenvalue weighted by atomic mass is 19.2. The molecule has 1 fully saturated rings. The predicted molar refractivity (Wildman–Crippen MR) is 77.4 cm³/mol. The van der Waals surface area contributed by atoms with Gasteiger partial charge >= 0.3 is 0 Å². The van der Waals surface area contributed by atoms with E-state index in [2.05, 4.69) is 11.8 Å². The number of benzene rings is 1. The van der Waals surface area contributed by atoms with E-state index in [1.165, 1.54) is 25.3 Å². The monoisotopic (exact) mass is 282 g/mol. The van der Waals surface area contributed by atoms with E-state index in [-0.39, 0.29) is 5.56 Å². The SMILES string of the molecule is CCC1CCCCN1CCC(N)c1cccc(F)c1F. The summed E-state index contributed by atoms with van der Waals surface area (Å²) in [5.74, 6) is -1.62. The second-order valence-corrected chi connectivity index (χ2v) is 5.63. The summed E-state index contributed by atoms with van der Waals surface area (Å²) >= 11 is 0. The largest absolute Gasteiger partial charge is 0.324 e. The van der Waals surface area contributed by atoms with E-state index in [1.807, 2.05) is 0 Å². The van der Waals surface area contributed by atoms with Crippen molar-refractivity contribution in [1.82, 2.24) is 4.90 Å². The number of nitrogens with two attached hydrogens (primary N) is 1. The Kier molecular flexibility index (Phi) is 5.49. The van der Waals surface area contributed by atoms with Gasteiger partial charge in [-0.05, 0) is 38.3 Å². The van der Waals surface area contributed by atoms with Crippen LogP contribution in [0.3, 0.4) is 0 Å². The Morgan fingerprint density at radius 1 is 1.35 bits per heavy atom. The molecule has 0 aliphatic carbocycles. The quantitative estimate of drug-likeness (QED) is 0.893. The van der Waals surface area contributed by atoms with Crippen LogP contribution >= 0.6 is 0 Å². The standard InChI is InChI=1S/C16H24F2N2/c1-2-12-6-3-4-10-20(12)11-9-15(19)13-7-5-8-14(17)16(13)18/h5,7-8,12,15H,2-4,6,9-11,19H2,1H3. The summed E-state index contributed by atoms with van der Waals surface area (Å²) in [5.41, 5.74) is 6.32. The molecular formula is C16H24F2N2. The highest BCUT2D eigenvalue weighted by Crippen LogP contribution is 2.23. The van der Waals surface area contributed by atoms with Crippen LogP contribution in [0.25, 0.3) is 0 Å². The molecule has 1 saturated heterocycles. The number of halogens is 2. The Morgan fingerprint density at radius 2 is 2.15 bits per heavy atom. The minimum Gasteiger partial charge on any atom is -0.324 e. The van der Waals surface area contributed by atoms with E-state index in [0.717, 1.165) is 25.6 Å². The third-order valence-corrected chi connectivity index (χ3v) is 4.33. The van der Waals surface area contributed by atoms with Crippen molar-refractivity contribution in [2.75, 3.05) is 13.1 Å². The zero-order valence-corrected chi connectivity index (χ0v) is 12.1. The molecule has 1 aromatic carbocycles. The lowest BCUT2D eigenvalue weighted by atomic mass is 9.98. The highest BCUT2D eigenvalue weighted by Gasteiger charge is 2.22. The van der Waals surface area contributed by atoms with Gasteiger partial charge in [-0.25, -0.2) is 8.78 Å². The lowest BCUT2D eigenvalue weighted by molar-refractivity contribution is 0.139. The summed E-state index contributed by atoms with van der Waals surface area (Å²) in [6.45, 7) is 4.15. The fraction of sp³-hybridized carbons (Fsp3) is 0.625. The van der Waals surface area contributed by atoms with Crippen LogP contribution in [0.2, 0.25) is 0 Å². The molecule has 112 valence electrons. The first-order valence-corrected chi connectivity index (χ1v) is 7.57. The molecule has 0 amide bonds. The Hall–Kier alpha value is -1.00. The minimum atomic E-state index is -0.817. The third kappa shape index (κ3) is 3.55. The van der Waals surface area contributed by atoms with Gasteiger partial charge in [0.1, 0.15) is 0 Å². The first-order chi connectivity index (χ1) is 9.63. The van der Waals surface area contributed by atoms with E-state index >= 15 is 0 Å². The van der Waals surface area contributed by atoms with Crippen molar-refractivity contribution in [3.05, 3.63) is 35.4 Å². The lowest BCUT2D eigenvalue weighted by Gasteiger charge is -2.35. The second-order valence-electron chi connectivity index (χ2n) is 5.63. The molecule has 0 saturated carbocycles. The molecular weight excluding hydrogens is 258 g/mol. The summed E-state index contributed by atoms with van der Waals surface area (Å²) in [6, 6.07) is 4.40. The molecule has 1 heterocycles. The smallest absolute Gasteiger partial charge is 0.163 e. The van der Waals surface area contributed by atoms with Crippen LogP contribution in [0.1, 0.15) is 50.6 Å². The van der Waals surface area contributed by atoms with Gasteiger partial charge in [0.2, 0.25) is 0 Å². The summed E-state index contributed by atoms with van der Waals surface area (Å²) in [7, 11) is 0. The van der Waals surface area contributed by atoms with Gasteiger partial charge in [-0.3, -0.25) is 0 Å². The maximum absolute atomic E-state index is 13.7. The van der Waals surface area contributed by atoms with Gasteiger partial charge in [-0.1, -0.05) is 25.5 Å². The van der Waals surface area contributed by atoms with Crippen LogP contribution < -0.4 is 5.73 Å². The second kappa shape index (κ2) is 7.14. The van der Waals surface area contributed by atoms with Gasteiger partial charge in [-0.2, -0.15) is 0 Å². The zero-order chi connectivity index (χ0) is 14.5. The first kappa shape index (κ1) is 15.4. The maximum Gasteiger partial charge on any atom is 0.163 e. The fourth-order valence-electron chi connectivity index (χ4n) is 3.08. The minimum absolute atomic E-state index is 0.287. The Balaban J connectivity index is 1.94. The van der Waals surface area contributed by atoms with E-state index in [1.54, 1.807) is 6.07 Å². The summed E-state index contributed by atoms with van der Waals surface area (Å²) in [5, 5.41) is 0. The van der Waals surface area contributed by atoms with Gasteiger partial charge in [0, 0.05) is 24.2 Å². The first-order valence-electron chi connectivity index (χ1n) is 7.57. The van der Waals surface area contributed by atoms with Crippen LogP contribution in [0, 0.1) is 11.6 Å². The third-order valence-electron chi connectivity index (χ3n) is 4.33. The van der Waals surface area contributed by atoms with Crippen molar-refractivity contribution in [2.24, 2.45) is 5.73 Å². The van der Waals surface area contributed by atoms with Crippen molar-refractivity contribution < 1.29 is 8.78 Å². The number of piperidine rings is 1. The van der Waals surface area contributed by atoms with E-state index in [0.29, 0.717) is 12.5 Å². The molecule has 1 aliphatic heterocycles. The molecule has 0 bridgehead atoms. The van der Waals surface area contributed by atoms with Crippen molar-refractivity contribution in [3.8, 4) is 0 Å². The molecule has 1 aromatic rings. The normalized spacial score (nSPS) is 21.9.